The molecule has 0 aliphatic rings. The molecular formula is C9H13ClN6O2. The summed E-state index contributed by atoms with van der Waals surface area (Å²) in [4.78, 5) is 17.5. The second-order valence-corrected chi connectivity index (χ2v) is 3.23. The van der Waals surface area contributed by atoms with Crippen LogP contribution in [0.1, 0.15) is 5.56 Å². The molecule has 0 saturated carbocycles. The van der Waals surface area contributed by atoms with Crippen molar-refractivity contribution in [3.05, 3.63) is 33.9 Å². The molecule has 0 radical (unpaired) electrons. The van der Waals surface area contributed by atoms with Crippen LogP contribution in [0.15, 0.2) is 28.2 Å². The predicted octanol–water partition coefficient (Wildman–Crippen LogP) is 0.545. The Morgan fingerprint density at radius 1 is 1.33 bits per heavy atom. The van der Waals surface area contributed by atoms with Gasteiger partial charge in [-0.2, -0.15) is 4.99 Å². The van der Waals surface area contributed by atoms with Gasteiger partial charge in [-0.15, -0.1) is 12.4 Å². The van der Waals surface area contributed by atoms with Crippen LogP contribution in [-0.2, 0) is 0 Å². The van der Waals surface area contributed by atoms with Gasteiger partial charge in [0.15, 0.2) is 5.96 Å². The predicted molar refractivity (Wildman–Crippen MR) is 72.2 cm³/mol. The van der Waals surface area contributed by atoms with Gasteiger partial charge in [0.05, 0.1) is 10.6 Å². The fraction of sp³-hybridized carbons (Fsp3) is 0.111. The van der Waals surface area contributed by atoms with Crippen molar-refractivity contribution in [3.63, 3.8) is 0 Å². The Kier molecular flexibility index (Phi) is 5.57. The summed E-state index contributed by atoms with van der Waals surface area (Å²) < 4.78 is 0. The number of halogens is 1. The maximum Gasteiger partial charge on any atom is 0.271 e. The molecule has 1 aromatic carbocycles. The van der Waals surface area contributed by atoms with Crippen molar-refractivity contribution >= 4 is 35.7 Å². The van der Waals surface area contributed by atoms with Gasteiger partial charge in [-0.25, -0.2) is 4.99 Å². The topological polar surface area (TPSA) is 146 Å². The smallest absolute Gasteiger partial charge is 0.271 e. The lowest BCUT2D eigenvalue weighted by Gasteiger charge is -2.00. The van der Waals surface area contributed by atoms with Crippen LogP contribution >= 0.6 is 12.4 Å². The number of rotatable bonds is 2. The Morgan fingerprint density at radius 3 is 2.44 bits per heavy atom. The highest BCUT2D eigenvalue weighted by Crippen LogP contribution is 2.24. The number of benzene rings is 1. The lowest BCUT2D eigenvalue weighted by molar-refractivity contribution is -0.384. The number of guanidine groups is 2. The zero-order valence-corrected chi connectivity index (χ0v) is 10.3. The second kappa shape index (κ2) is 6.40. The molecule has 0 aliphatic heterocycles. The molecule has 0 bridgehead atoms. The van der Waals surface area contributed by atoms with Crippen molar-refractivity contribution < 1.29 is 4.92 Å². The second-order valence-electron chi connectivity index (χ2n) is 3.23. The van der Waals surface area contributed by atoms with Gasteiger partial charge in [0.1, 0.15) is 0 Å². The quantitative estimate of drug-likeness (QED) is 0.311. The number of hydrogen-bond acceptors (Lipinski definition) is 3. The van der Waals surface area contributed by atoms with E-state index in [1.165, 1.54) is 12.1 Å². The Balaban J connectivity index is 0.00000289. The van der Waals surface area contributed by atoms with Gasteiger partial charge in [-0.05, 0) is 12.5 Å². The Morgan fingerprint density at radius 2 is 1.94 bits per heavy atom. The van der Waals surface area contributed by atoms with Crippen LogP contribution in [0.5, 0.6) is 0 Å². The maximum atomic E-state index is 10.6. The van der Waals surface area contributed by atoms with Crippen LogP contribution < -0.4 is 17.2 Å². The van der Waals surface area contributed by atoms with Crippen molar-refractivity contribution in [2.24, 2.45) is 27.2 Å². The van der Waals surface area contributed by atoms with Crippen molar-refractivity contribution in [1.82, 2.24) is 0 Å². The molecule has 1 aromatic rings. The van der Waals surface area contributed by atoms with Gasteiger partial charge >= 0.3 is 0 Å². The fourth-order valence-electron chi connectivity index (χ4n) is 1.11. The summed E-state index contributed by atoms with van der Waals surface area (Å²) in [5.74, 6) is -0.386. The van der Waals surface area contributed by atoms with Crippen LogP contribution in [0.2, 0.25) is 0 Å². The maximum absolute atomic E-state index is 10.6. The highest BCUT2D eigenvalue weighted by atomic mass is 35.5. The largest absolute Gasteiger partial charge is 0.370 e. The molecule has 0 saturated heterocycles. The average Bonchev–Trinajstić information content (AvgIpc) is 2.19. The molecule has 0 fully saturated rings. The van der Waals surface area contributed by atoms with Crippen molar-refractivity contribution in [2.45, 2.75) is 6.92 Å². The van der Waals surface area contributed by atoms with E-state index < -0.39 is 4.92 Å². The van der Waals surface area contributed by atoms with E-state index in [0.29, 0.717) is 5.69 Å². The fourth-order valence-corrected chi connectivity index (χ4v) is 1.11. The lowest BCUT2D eigenvalue weighted by atomic mass is 10.2. The zero-order chi connectivity index (χ0) is 13.0. The van der Waals surface area contributed by atoms with Crippen molar-refractivity contribution in [1.29, 1.82) is 0 Å². The molecule has 0 spiro atoms. The van der Waals surface area contributed by atoms with Gasteiger partial charge in [0.25, 0.3) is 5.69 Å². The van der Waals surface area contributed by atoms with Crippen LogP contribution in [0.25, 0.3) is 0 Å². The van der Waals surface area contributed by atoms with Crippen LogP contribution in [0.4, 0.5) is 11.4 Å². The molecule has 0 heterocycles. The average molecular weight is 273 g/mol. The molecule has 0 unspecified atom stereocenters. The molecule has 0 aliphatic carbocycles. The molecule has 98 valence electrons. The first kappa shape index (κ1) is 15.7. The highest BCUT2D eigenvalue weighted by molar-refractivity contribution is 5.93. The minimum absolute atomic E-state index is 0. The third-order valence-corrected chi connectivity index (χ3v) is 1.88. The SMILES string of the molecule is Cc1ccc([N+](=O)[O-])cc1N=C(N)N=C(N)N.Cl. The monoisotopic (exact) mass is 272 g/mol. The highest BCUT2D eigenvalue weighted by Gasteiger charge is 2.08. The number of aliphatic imine (C=N–C) groups is 2. The van der Waals surface area contributed by atoms with Crippen LogP contribution in [-0.4, -0.2) is 16.8 Å². The van der Waals surface area contributed by atoms with Crippen LogP contribution in [0, 0.1) is 17.0 Å². The third-order valence-electron chi connectivity index (χ3n) is 1.88. The molecule has 9 heteroatoms. The molecule has 1 rings (SSSR count). The normalized spacial score (nSPS) is 10.4. The van der Waals surface area contributed by atoms with E-state index in [1.807, 2.05) is 0 Å². The number of nitrogens with zero attached hydrogens (tertiary/aromatic N) is 3. The number of nitro groups is 1. The number of non-ortho nitro benzene ring substituents is 1. The molecule has 8 nitrogen and oxygen atoms in total. The molecule has 18 heavy (non-hydrogen) atoms. The Hall–Kier alpha value is -2.35. The summed E-state index contributed by atoms with van der Waals surface area (Å²) in [5, 5.41) is 10.6. The van der Waals surface area contributed by atoms with E-state index in [2.05, 4.69) is 9.98 Å². The molecular weight excluding hydrogens is 260 g/mol. The minimum atomic E-state index is -0.519. The first-order chi connectivity index (χ1) is 7.90. The molecule has 6 N–H and O–H groups in total. The first-order valence-corrected chi connectivity index (χ1v) is 4.59. The van der Waals surface area contributed by atoms with E-state index in [-0.39, 0.29) is 30.0 Å². The number of aryl methyl sites for hydroxylation is 1. The van der Waals surface area contributed by atoms with Crippen molar-refractivity contribution in [2.75, 3.05) is 0 Å². The third kappa shape index (κ3) is 4.26. The van der Waals surface area contributed by atoms with Gasteiger partial charge < -0.3 is 17.2 Å². The van der Waals surface area contributed by atoms with E-state index in [9.17, 15) is 10.1 Å². The van der Waals surface area contributed by atoms with E-state index in [4.69, 9.17) is 17.2 Å². The van der Waals surface area contributed by atoms with E-state index in [0.717, 1.165) is 5.56 Å². The minimum Gasteiger partial charge on any atom is -0.370 e. The van der Waals surface area contributed by atoms with Gasteiger partial charge in [-0.3, -0.25) is 10.1 Å². The molecule has 0 aromatic heterocycles. The molecule has 0 atom stereocenters. The Labute approximate surface area is 109 Å². The first-order valence-electron chi connectivity index (χ1n) is 4.59. The van der Waals surface area contributed by atoms with E-state index in [1.54, 1.807) is 13.0 Å². The standard InChI is InChI=1S/C9H12N6O2.ClH/c1-5-2-3-6(15(16)17)4-7(5)13-9(12)14-8(10)11;/h2-4H,1H3,(H6,10,11,12,13,14);1H. The lowest BCUT2D eigenvalue weighted by Crippen LogP contribution is -2.26. The number of nitro benzene ring substituents is 1. The number of nitrogens with two attached hydrogens (primary N) is 3. The van der Waals surface area contributed by atoms with Gasteiger partial charge in [-0.1, -0.05) is 6.07 Å². The summed E-state index contributed by atoms with van der Waals surface area (Å²) in [7, 11) is 0. The summed E-state index contributed by atoms with van der Waals surface area (Å²) in [6.45, 7) is 1.74. The Bertz CT molecular complexity index is 510. The van der Waals surface area contributed by atoms with Crippen LogP contribution in [0.3, 0.4) is 0 Å². The summed E-state index contributed by atoms with van der Waals surface area (Å²) in [5.41, 5.74) is 16.7. The van der Waals surface area contributed by atoms with E-state index >= 15 is 0 Å². The summed E-state index contributed by atoms with van der Waals surface area (Å²) >= 11 is 0. The van der Waals surface area contributed by atoms with Gasteiger partial charge in [0, 0.05) is 12.1 Å². The van der Waals surface area contributed by atoms with Gasteiger partial charge in [0.2, 0.25) is 5.96 Å². The number of hydrogen-bond donors (Lipinski definition) is 3. The molecule has 0 amide bonds. The van der Waals surface area contributed by atoms with Crippen molar-refractivity contribution in [3.8, 4) is 0 Å². The summed E-state index contributed by atoms with van der Waals surface area (Å²) in [6, 6.07) is 4.25. The zero-order valence-electron chi connectivity index (χ0n) is 9.53. The summed E-state index contributed by atoms with van der Waals surface area (Å²) in [6.07, 6.45) is 0.